The molecule has 0 fully saturated rings. The van der Waals surface area contributed by atoms with Crippen molar-refractivity contribution >= 4 is 28.6 Å². The minimum absolute atomic E-state index is 0.312. The SMILES string of the molecule is CCCCOC(=O)C(O[Si](CC(C)C)(CC(C)C)CC(C)C)C(O[Si](CC(C)C)(CC(C)C)CC(C)C)C(=O)OCCCC. The predicted octanol–water partition coefficient (Wildman–Crippen LogP) is 10.3. The highest BCUT2D eigenvalue weighted by atomic mass is 28.4. The van der Waals surface area contributed by atoms with Gasteiger partial charge in [-0.3, -0.25) is 0 Å². The topological polar surface area (TPSA) is 71.1 Å². The zero-order chi connectivity index (χ0) is 34.1. The molecule has 0 aromatic rings. The van der Waals surface area contributed by atoms with Gasteiger partial charge in [0, 0.05) is 0 Å². The molecule has 0 heterocycles. The molecule has 2 unspecified atom stereocenters. The smallest absolute Gasteiger partial charge is 0.337 e. The monoisotopic (exact) mass is 659 g/mol. The maximum absolute atomic E-state index is 14.2. The Bertz CT molecular complexity index is 664. The van der Waals surface area contributed by atoms with Crippen molar-refractivity contribution in [2.45, 2.75) is 171 Å². The Kier molecular flexibility index (Phi) is 21.6. The number of hydrogen-bond acceptors (Lipinski definition) is 6. The second kappa shape index (κ2) is 22.0. The molecule has 8 heteroatoms. The first-order chi connectivity index (χ1) is 20.4. The molecule has 0 aliphatic rings. The average molecular weight is 659 g/mol. The van der Waals surface area contributed by atoms with E-state index in [1.807, 2.05) is 0 Å². The van der Waals surface area contributed by atoms with Crippen molar-refractivity contribution in [3.8, 4) is 0 Å². The fraction of sp³-hybridized carbons (Fsp3) is 0.944. The van der Waals surface area contributed by atoms with Crippen LogP contribution >= 0.6 is 0 Å². The van der Waals surface area contributed by atoms with Gasteiger partial charge in [-0.05, 0) is 84.6 Å². The van der Waals surface area contributed by atoms with E-state index in [9.17, 15) is 9.59 Å². The summed E-state index contributed by atoms with van der Waals surface area (Å²) in [5.74, 6) is 1.50. The summed E-state index contributed by atoms with van der Waals surface area (Å²) in [4.78, 5) is 28.4. The van der Waals surface area contributed by atoms with Gasteiger partial charge < -0.3 is 18.3 Å². The van der Waals surface area contributed by atoms with Crippen molar-refractivity contribution < 1.29 is 27.9 Å². The Hall–Kier alpha value is -0.706. The van der Waals surface area contributed by atoms with Crippen molar-refractivity contribution in [1.29, 1.82) is 0 Å². The minimum Gasteiger partial charge on any atom is -0.464 e. The molecule has 0 N–H and O–H groups in total. The van der Waals surface area contributed by atoms with Crippen LogP contribution in [0.5, 0.6) is 0 Å². The second-order valence-corrected chi connectivity index (χ2v) is 23.7. The molecule has 0 aliphatic carbocycles. The van der Waals surface area contributed by atoms with Crippen LogP contribution in [0.4, 0.5) is 0 Å². The lowest BCUT2D eigenvalue weighted by atomic mass is 10.2. The number of carbonyl (C=O) groups is 2. The lowest BCUT2D eigenvalue weighted by Crippen LogP contribution is -2.58. The fourth-order valence-corrected chi connectivity index (χ4v) is 19.1. The zero-order valence-corrected chi connectivity index (χ0v) is 33.6. The predicted molar refractivity (Wildman–Crippen MR) is 191 cm³/mol. The first-order valence-electron chi connectivity index (χ1n) is 18.1. The fourth-order valence-electron chi connectivity index (χ4n) is 7.06. The Morgan fingerprint density at radius 2 is 0.682 bits per heavy atom. The largest absolute Gasteiger partial charge is 0.464 e. The van der Waals surface area contributed by atoms with E-state index >= 15 is 0 Å². The van der Waals surface area contributed by atoms with E-state index in [1.54, 1.807) is 0 Å². The highest BCUT2D eigenvalue weighted by Gasteiger charge is 2.50. The molecule has 0 saturated carbocycles. The van der Waals surface area contributed by atoms with Gasteiger partial charge in [0.2, 0.25) is 0 Å². The molecule has 0 spiro atoms. The van der Waals surface area contributed by atoms with Crippen LogP contribution in [-0.4, -0.2) is 54.0 Å². The third-order valence-corrected chi connectivity index (χ3v) is 18.5. The van der Waals surface area contributed by atoms with Crippen molar-refractivity contribution in [2.75, 3.05) is 13.2 Å². The van der Waals surface area contributed by atoms with Crippen LogP contribution in [0.1, 0.15) is 123 Å². The summed E-state index contributed by atoms with van der Waals surface area (Å²) < 4.78 is 26.4. The normalized spacial score (nSPS) is 14.4. The van der Waals surface area contributed by atoms with Crippen molar-refractivity contribution in [3.05, 3.63) is 0 Å². The van der Waals surface area contributed by atoms with Gasteiger partial charge in [0.25, 0.3) is 0 Å². The van der Waals surface area contributed by atoms with Crippen molar-refractivity contribution in [3.63, 3.8) is 0 Å². The Balaban J connectivity index is 7.33. The summed E-state index contributed by atoms with van der Waals surface area (Å²) in [6.45, 7) is 31.6. The number of unbranched alkanes of at least 4 members (excludes halogenated alkanes) is 2. The number of carbonyl (C=O) groups excluding carboxylic acids is 2. The van der Waals surface area contributed by atoms with Gasteiger partial charge in [0.15, 0.2) is 28.8 Å². The molecule has 0 radical (unpaired) electrons. The molecule has 0 amide bonds. The van der Waals surface area contributed by atoms with Gasteiger partial charge in [-0.2, -0.15) is 0 Å². The minimum atomic E-state index is -2.55. The van der Waals surface area contributed by atoms with E-state index in [-0.39, 0.29) is 0 Å². The van der Waals surface area contributed by atoms with Crippen molar-refractivity contribution in [1.82, 2.24) is 0 Å². The number of esters is 2. The van der Waals surface area contributed by atoms with Gasteiger partial charge in [-0.25, -0.2) is 9.59 Å². The molecule has 6 nitrogen and oxygen atoms in total. The molecule has 2 atom stereocenters. The lowest BCUT2D eigenvalue weighted by molar-refractivity contribution is -0.170. The van der Waals surface area contributed by atoms with Gasteiger partial charge in [-0.15, -0.1) is 0 Å². The van der Waals surface area contributed by atoms with Gasteiger partial charge >= 0.3 is 11.9 Å². The Morgan fingerprint density at radius 3 is 0.864 bits per heavy atom. The quantitative estimate of drug-likeness (QED) is 0.0552. The highest BCUT2D eigenvalue weighted by Crippen LogP contribution is 2.38. The van der Waals surface area contributed by atoms with Crippen LogP contribution in [0, 0.1) is 35.5 Å². The summed E-state index contributed by atoms with van der Waals surface area (Å²) in [6.07, 6.45) is 1.12. The second-order valence-electron chi connectivity index (χ2n) is 16.1. The third kappa shape index (κ3) is 17.8. The maximum Gasteiger partial charge on any atom is 0.337 e. The van der Waals surface area contributed by atoms with E-state index in [2.05, 4.69) is 96.9 Å². The molecular formula is C36H74O6Si2. The van der Waals surface area contributed by atoms with E-state index < -0.39 is 40.8 Å². The molecule has 44 heavy (non-hydrogen) atoms. The molecule has 0 saturated heterocycles. The van der Waals surface area contributed by atoms with Crippen LogP contribution in [0.2, 0.25) is 36.3 Å². The maximum atomic E-state index is 14.2. The van der Waals surface area contributed by atoms with E-state index in [4.69, 9.17) is 18.3 Å². The van der Waals surface area contributed by atoms with E-state index in [1.165, 1.54) is 0 Å². The zero-order valence-electron chi connectivity index (χ0n) is 31.6. The molecule has 0 aromatic heterocycles. The number of hydrogen-bond donors (Lipinski definition) is 0. The van der Waals surface area contributed by atoms with Crippen LogP contribution in [0.15, 0.2) is 0 Å². The molecular weight excluding hydrogens is 585 g/mol. The summed E-state index contributed by atoms with van der Waals surface area (Å²) in [5, 5.41) is 0. The first-order valence-corrected chi connectivity index (χ1v) is 23.2. The van der Waals surface area contributed by atoms with E-state index in [0.717, 1.165) is 61.9 Å². The summed E-state index contributed by atoms with van der Waals surface area (Å²) in [6, 6.07) is 5.54. The standard InChI is InChI=1S/C36H74O6Si2/c1-15-17-19-39-35(37)33(41-43(21-27(3)4,22-28(5)6)23-29(7)8)34(36(38)40-20-18-16-2)42-44(24-30(9)10,25-31(11)12)26-32(13)14/h27-34H,15-26H2,1-14H3. The highest BCUT2D eigenvalue weighted by molar-refractivity contribution is 6.75. The summed E-state index contributed by atoms with van der Waals surface area (Å²) >= 11 is 0. The molecule has 0 aromatic carbocycles. The van der Waals surface area contributed by atoms with Gasteiger partial charge in [0.05, 0.1) is 13.2 Å². The molecule has 0 rings (SSSR count). The Morgan fingerprint density at radius 1 is 0.455 bits per heavy atom. The number of rotatable bonds is 25. The van der Waals surface area contributed by atoms with Crippen molar-refractivity contribution in [2.24, 2.45) is 35.5 Å². The molecule has 262 valence electrons. The summed E-state index contributed by atoms with van der Waals surface area (Å²) in [5.41, 5.74) is 0. The third-order valence-electron chi connectivity index (χ3n) is 7.66. The Labute approximate surface area is 275 Å². The van der Waals surface area contributed by atoms with Crippen LogP contribution < -0.4 is 0 Å². The summed E-state index contributed by atoms with van der Waals surface area (Å²) in [7, 11) is -5.10. The molecule has 0 aliphatic heterocycles. The van der Waals surface area contributed by atoms with Crippen LogP contribution in [0.3, 0.4) is 0 Å². The van der Waals surface area contributed by atoms with Gasteiger partial charge in [0.1, 0.15) is 0 Å². The molecule has 0 bridgehead atoms. The van der Waals surface area contributed by atoms with Crippen LogP contribution in [0.25, 0.3) is 0 Å². The van der Waals surface area contributed by atoms with Gasteiger partial charge in [-0.1, -0.05) is 110 Å². The lowest BCUT2D eigenvalue weighted by Gasteiger charge is -2.43. The number of ether oxygens (including phenoxy) is 2. The average Bonchev–Trinajstić information content (AvgIpc) is 2.83. The first kappa shape index (κ1) is 43.3. The van der Waals surface area contributed by atoms with E-state index in [0.29, 0.717) is 48.7 Å². The van der Waals surface area contributed by atoms with Crippen LogP contribution in [-0.2, 0) is 27.9 Å².